The van der Waals surface area contributed by atoms with Crippen LogP contribution in [0.4, 0.5) is 0 Å². The second kappa shape index (κ2) is 6.72. The number of halogens is 1. The summed E-state index contributed by atoms with van der Waals surface area (Å²) in [6.45, 7) is 2.03. The van der Waals surface area contributed by atoms with Gasteiger partial charge in [-0.1, -0.05) is 17.7 Å². The molecule has 1 atom stereocenters. The van der Waals surface area contributed by atoms with E-state index in [4.69, 9.17) is 25.8 Å². The highest BCUT2D eigenvalue weighted by Gasteiger charge is 2.20. The van der Waals surface area contributed by atoms with E-state index in [-0.39, 0.29) is 5.38 Å². The second-order valence-corrected chi connectivity index (χ2v) is 5.15. The molecule has 4 heteroatoms. The molecule has 0 bridgehead atoms. The van der Waals surface area contributed by atoms with Gasteiger partial charge in [-0.3, -0.25) is 0 Å². The van der Waals surface area contributed by atoms with E-state index in [2.05, 4.69) is 0 Å². The monoisotopic (exact) mass is 306 g/mol. The summed E-state index contributed by atoms with van der Waals surface area (Å²) in [6.07, 6.45) is 0. The lowest BCUT2D eigenvalue weighted by Crippen LogP contribution is -2.01. The van der Waals surface area contributed by atoms with E-state index in [1.54, 1.807) is 21.3 Å². The van der Waals surface area contributed by atoms with E-state index in [9.17, 15) is 0 Å². The van der Waals surface area contributed by atoms with Crippen molar-refractivity contribution in [2.75, 3.05) is 21.3 Å². The van der Waals surface area contributed by atoms with E-state index in [1.807, 2.05) is 43.3 Å². The zero-order valence-corrected chi connectivity index (χ0v) is 13.4. The molecule has 0 fully saturated rings. The lowest BCUT2D eigenvalue weighted by molar-refractivity contribution is 0.390. The van der Waals surface area contributed by atoms with Crippen LogP contribution in [0, 0.1) is 6.92 Å². The van der Waals surface area contributed by atoms with Crippen LogP contribution >= 0.6 is 11.6 Å². The number of methoxy groups -OCH3 is 3. The van der Waals surface area contributed by atoms with Crippen LogP contribution in [0.1, 0.15) is 22.1 Å². The molecule has 3 nitrogen and oxygen atoms in total. The molecule has 0 amide bonds. The van der Waals surface area contributed by atoms with E-state index < -0.39 is 0 Å². The fourth-order valence-electron chi connectivity index (χ4n) is 2.25. The lowest BCUT2D eigenvalue weighted by atomic mass is 10.0. The minimum atomic E-state index is -0.360. The van der Waals surface area contributed by atoms with Gasteiger partial charge in [0.2, 0.25) is 0 Å². The highest BCUT2D eigenvalue weighted by molar-refractivity contribution is 6.23. The molecule has 2 aromatic rings. The van der Waals surface area contributed by atoms with Gasteiger partial charge in [0.05, 0.1) is 26.7 Å². The smallest absolute Gasteiger partial charge is 0.127 e. The molecule has 0 saturated carbocycles. The average molecular weight is 307 g/mol. The molecule has 0 aliphatic carbocycles. The number of aryl methyl sites for hydroxylation is 1. The first-order valence-electron chi connectivity index (χ1n) is 6.61. The van der Waals surface area contributed by atoms with Gasteiger partial charge in [-0.15, -0.1) is 11.6 Å². The van der Waals surface area contributed by atoms with Gasteiger partial charge in [0.15, 0.2) is 0 Å². The SMILES string of the molecule is COc1ccc(C(Cl)c2cc(C)ccc2OC)c(OC)c1. The fraction of sp³-hybridized carbons (Fsp3) is 0.294. The van der Waals surface area contributed by atoms with E-state index in [0.717, 1.165) is 28.2 Å². The minimum absolute atomic E-state index is 0.360. The van der Waals surface area contributed by atoms with Crippen molar-refractivity contribution in [2.24, 2.45) is 0 Å². The van der Waals surface area contributed by atoms with Crippen LogP contribution < -0.4 is 14.2 Å². The van der Waals surface area contributed by atoms with Gasteiger partial charge in [0.1, 0.15) is 17.2 Å². The highest BCUT2D eigenvalue weighted by Crippen LogP contribution is 2.40. The second-order valence-electron chi connectivity index (χ2n) is 4.72. The molecule has 0 aliphatic heterocycles. The number of hydrogen-bond acceptors (Lipinski definition) is 3. The summed E-state index contributed by atoms with van der Waals surface area (Å²) in [5.41, 5.74) is 2.93. The van der Waals surface area contributed by atoms with Crippen molar-refractivity contribution >= 4 is 11.6 Å². The molecule has 112 valence electrons. The van der Waals surface area contributed by atoms with Crippen molar-refractivity contribution in [1.29, 1.82) is 0 Å². The van der Waals surface area contributed by atoms with Crippen LogP contribution in [0.5, 0.6) is 17.2 Å². The van der Waals surface area contributed by atoms with E-state index in [1.165, 1.54) is 0 Å². The molecule has 2 rings (SSSR count). The molecule has 2 aromatic carbocycles. The van der Waals surface area contributed by atoms with Crippen molar-refractivity contribution in [3.63, 3.8) is 0 Å². The maximum atomic E-state index is 6.67. The quantitative estimate of drug-likeness (QED) is 0.769. The first kappa shape index (κ1) is 15.5. The minimum Gasteiger partial charge on any atom is -0.497 e. The molecule has 0 aliphatic rings. The molecule has 21 heavy (non-hydrogen) atoms. The Labute approximate surface area is 130 Å². The molecular formula is C17H19ClO3. The Morgan fingerprint density at radius 1 is 0.810 bits per heavy atom. The Balaban J connectivity index is 2.49. The highest BCUT2D eigenvalue weighted by atomic mass is 35.5. The maximum Gasteiger partial charge on any atom is 0.127 e. The Morgan fingerprint density at radius 3 is 2.14 bits per heavy atom. The summed E-state index contributed by atoms with van der Waals surface area (Å²) < 4.78 is 16.1. The van der Waals surface area contributed by atoms with Gasteiger partial charge in [-0.05, 0) is 25.1 Å². The van der Waals surface area contributed by atoms with Crippen molar-refractivity contribution in [3.8, 4) is 17.2 Å². The molecule has 0 saturated heterocycles. The number of alkyl halides is 1. The normalized spacial score (nSPS) is 11.9. The topological polar surface area (TPSA) is 27.7 Å². The van der Waals surface area contributed by atoms with Gasteiger partial charge < -0.3 is 14.2 Å². The fourth-order valence-corrected chi connectivity index (χ4v) is 2.60. The summed E-state index contributed by atoms with van der Waals surface area (Å²) in [7, 11) is 4.88. The Morgan fingerprint density at radius 2 is 1.52 bits per heavy atom. The third kappa shape index (κ3) is 3.24. The van der Waals surface area contributed by atoms with Crippen LogP contribution in [0.15, 0.2) is 36.4 Å². The number of ether oxygens (including phenoxy) is 3. The van der Waals surface area contributed by atoms with Crippen LogP contribution in [-0.2, 0) is 0 Å². The zero-order valence-electron chi connectivity index (χ0n) is 12.6. The van der Waals surface area contributed by atoms with Crippen LogP contribution in [0.3, 0.4) is 0 Å². The first-order chi connectivity index (χ1) is 10.1. The molecule has 1 unspecified atom stereocenters. The average Bonchev–Trinajstić information content (AvgIpc) is 2.53. The predicted octanol–water partition coefficient (Wildman–Crippen LogP) is 4.35. The number of benzene rings is 2. The van der Waals surface area contributed by atoms with Crippen molar-refractivity contribution in [3.05, 3.63) is 53.1 Å². The number of rotatable bonds is 5. The Kier molecular flexibility index (Phi) is 4.97. The van der Waals surface area contributed by atoms with Crippen molar-refractivity contribution in [1.82, 2.24) is 0 Å². The molecule has 0 radical (unpaired) electrons. The predicted molar refractivity (Wildman–Crippen MR) is 85.0 cm³/mol. The largest absolute Gasteiger partial charge is 0.497 e. The Bertz CT molecular complexity index is 625. The summed E-state index contributed by atoms with van der Waals surface area (Å²) in [5, 5.41) is -0.360. The molecular weight excluding hydrogens is 288 g/mol. The third-order valence-corrected chi connectivity index (χ3v) is 3.84. The van der Waals surface area contributed by atoms with Gasteiger partial charge in [-0.2, -0.15) is 0 Å². The molecule has 0 heterocycles. The van der Waals surface area contributed by atoms with Crippen LogP contribution in [-0.4, -0.2) is 21.3 Å². The summed E-state index contributed by atoms with van der Waals surface area (Å²) in [4.78, 5) is 0. The van der Waals surface area contributed by atoms with Crippen molar-refractivity contribution in [2.45, 2.75) is 12.3 Å². The first-order valence-corrected chi connectivity index (χ1v) is 7.05. The summed E-state index contributed by atoms with van der Waals surface area (Å²) >= 11 is 6.67. The molecule has 0 N–H and O–H groups in total. The van der Waals surface area contributed by atoms with Gasteiger partial charge in [0.25, 0.3) is 0 Å². The van der Waals surface area contributed by atoms with E-state index >= 15 is 0 Å². The molecule has 0 aromatic heterocycles. The van der Waals surface area contributed by atoms with Gasteiger partial charge >= 0.3 is 0 Å². The summed E-state index contributed by atoms with van der Waals surface area (Å²) in [6, 6.07) is 11.6. The van der Waals surface area contributed by atoms with Crippen LogP contribution in [0.25, 0.3) is 0 Å². The lowest BCUT2D eigenvalue weighted by Gasteiger charge is -2.18. The van der Waals surface area contributed by atoms with Crippen LogP contribution in [0.2, 0.25) is 0 Å². The zero-order chi connectivity index (χ0) is 15.4. The third-order valence-electron chi connectivity index (χ3n) is 3.37. The Hall–Kier alpha value is -1.87. The van der Waals surface area contributed by atoms with Crippen molar-refractivity contribution < 1.29 is 14.2 Å². The van der Waals surface area contributed by atoms with E-state index in [0.29, 0.717) is 5.75 Å². The summed E-state index contributed by atoms with van der Waals surface area (Å²) in [5.74, 6) is 2.19. The maximum absolute atomic E-state index is 6.67. The molecule has 0 spiro atoms. The number of hydrogen-bond donors (Lipinski definition) is 0. The van der Waals surface area contributed by atoms with Gasteiger partial charge in [0, 0.05) is 17.2 Å². The van der Waals surface area contributed by atoms with Gasteiger partial charge in [-0.25, -0.2) is 0 Å². The standard InChI is InChI=1S/C17H19ClO3/c1-11-5-8-15(20-3)14(9-11)17(18)13-7-6-12(19-2)10-16(13)21-4/h5-10,17H,1-4H3.